The number of nitrogens with zero attached hydrogens (tertiary/aromatic N) is 1. The Morgan fingerprint density at radius 2 is 2.18 bits per heavy atom. The first-order valence-electron chi connectivity index (χ1n) is 5.82. The number of hydrogen-bond donors (Lipinski definition) is 2. The molecule has 0 saturated carbocycles. The van der Waals surface area contributed by atoms with Crippen LogP contribution in [0.2, 0.25) is 0 Å². The zero-order chi connectivity index (χ0) is 12.7. The molecule has 5 heteroatoms. The van der Waals surface area contributed by atoms with Gasteiger partial charge in [-0.05, 0) is 19.4 Å². The van der Waals surface area contributed by atoms with Crippen molar-refractivity contribution in [1.82, 2.24) is 10.2 Å². The molecule has 0 radical (unpaired) electrons. The third-order valence-corrected chi connectivity index (χ3v) is 2.78. The maximum absolute atomic E-state index is 12.1. The van der Waals surface area contributed by atoms with Gasteiger partial charge in [0.1, 0.15) is 6.54 Å². The molecule has 1 unspecified atom stereocenters. The molecule has 0 bridgehead atoms. The summed E-state index contributed by atoms with van der Waals surface area (Å²) in [5.41, 5.74) is 0. The third-order valence-electron chi connectivity index (χ3n) is 2.78. The van der Waals surface area contributed by atoms with Gasteiger partial charge in [-0.3, -0.25) is 9.59 Å². The van der Waals surface area contributed by atoms with Crippen molar-refractivity contribution in [1.29, 1.82) is 0 Å². The van der Waals surface area contributed by atoms with E-state index in [-0.39, 0.29) is 25.0 Å². The van der Waals surface area contributed by atoms with E-state index in [4.69, 9.17) is 11.5 Å². The molecule has 1 fully saturated rings. The molecule has 94 valence electrons. The van der Waals surface area contributed by atoms with Gasteiger partial charge in [0.05, 0.1) is 12.6 Å². The van der Waals surface area contributed by atoms with Gasteiger partial charge in [-0.2, -0.15) is 0 Å². The zero-order valence-corrected chi connectivity index (χ0v) is 9.82. The largest absolute Gasteiger partial charge is 0.480 e. The van der Waals surface area contributed by atoms with Crippen molar-refractivity contribution >= 4 is 11.9 Å². The minimum atomic E-state index is -1.04. The molecule has 1 amide bonds. The fourth-order valence-corrected chi connectivity index (χ4v) is 1.94. The first-order valence-corrected chi connectivity index (χ1v) is 5.82. The van der Waals surface area contributed by atoms with Gasteiger partial charge in [0.15, 0.2) is 0 Å². The lowest BCUT2D eigenvalue weighted by atomic mass is 10.1. The number of carboxylic acid groups (broad SMARTS) is 1. The van der Waals surface area contributed by atoms with Gasteiger partial charge in [-0.15, -0.1) is 6.42 Å². The first kappa shape index (κ1) is 13.5. The Kier molecular flexibility index (Phi) is 5.50. The van der Waals surface area contributed by atoms with Gasteiger partial charge >= 0.3 is 5.97 Å². The molecular formula is C12H18N2O3. The van der Waals surface area contributed by atoms with E-state index in [0.717, 1.165) is 32.2 Å². The summed E-state index contributed by atoms with van der Waals surface area (Å²) < 4.78 is 0. The zero-order valence-electron chi connectivity index (χ0n) is 9.82. The molecule has 0 aromatic heterocycles. The molecule has 1 saturated heterocycles. The highest BCUT2D eigenvalue weighted by Gasteiger charge is 2.25. The van der Waals surface area contributed by atoms with Gasteiger partial charge in [0, 0.05) is 0 Å². The fourth-order valence-electron chi connectivity index (χ4n) is 1.94. The smallest absolute Gasteiger partial charge is 0.323 e. The number of carbonyl (C=O) groups excluding carboxylic acids is 1. The Labute approximate surface area is 101 Å². The monoisotopic (exact) mass is 238 g/mol. The summed E-state index contributed by atoms with van der Waals surface area (Å²) in [6.45, 7) is 0.512. The van der Waals surface area contributed by atoms with Crippen molar-refractivity contribution in [2.75, 3.05) is 19.6 Å². The number of nitrogens with one attached hydrogen (secondary N) is 1. The Morgan fingerprint density at radius 1 is 1.41 bits per heavy atom. The van der Waals surface area contributed by atoms with E-state index in [1.807, 2.05) is 0 Å². The van der Waals surface area contributed by atoms with Crippen molar-refractivity contribution in [2.24, 2.45) is 0 Å². The van der Waals surface area contributed by atoms with Gasteiger partial charge in [0.25, 0.3) is 0 Å². The Bertz CT molecular complexity index is 314. The van der Waals surface area contributed by atoms with E-state index in [1.54, 1.807) is 0 Å². The molecule has 0 aromatic rings. The van der Waals surface area contributed by atoms with Crippen molar-refractivity contribution in [2.45, 2.75) is 31.7 Å². The number of hydrogen-bond acceptors (Lipinski definition) is 3. The second-order valence-corrected chi connectivity index (χ2v) is 4.15. The number of carbonyl (C=O) groups is 2. The second kappa shape index (κ2) is 6.92. The quantitative estimate of drug-likeness (QED) is 0.680. The topological polar surface area (TPSA) is 69.6 Å². The van der Waals surface area contributed by atoms with Crippen LogP contribution in [0, 0.1) is 12.3 Å². The molecule has 5 nitrogen and oxygen atoms in total. The summed E-state index contributed by atoms with van der Waals surface area (Å²) in [5.74, 6) is 1.08. The molecule has 1 heterocycles. The lowest BCUT2D eigenvalue weighted by Gasteiger charge is -2.24. The van der Waals surface area contributed by atoms with E-state index in [0.29, 0.717) is 0 Å². The van der Waals surface area contributed by atoms with E-state index >= 15 is 0 Å². The van der Waals surface area contributed by atoms with Gasteiger partial charge < -0.3 is 15.3 Å². The second-order valence-electron chi connectivity index (χ2n) is 4.15. The molecule has 1 aliphatic rings. The van der Waals surface area contributed by atoms with E-state index in [1.165, 1.54) is 4.90 Å². The molecule has 0 aromatic carbocycles. The van der Waals surface area contributed by atoms with Crippen molar-refractivity contribution in [3.63, 3.8) is 0 Å². The highest BCUT2D eigenvalue weighted by atomic mass is 16.4. The summed E-state index contributed by atoms with van der Waals surface area (Å²) >= 11 is 0. The average Bonchev–Trinajstić information content (AvgIpc) is 2.55. The number of rotatable bonds is 4. The van der Waals surface area contributed by atoms with Gasteiger partial charge in [0.2, 0.25) is 5.91 Å². The molecule has 1 rings (SSSR count). The van der Waals surface area contributed by atoms with Gasteiger partial charge in [-0.25, -0.2) is 0 Å². The fraction of sp³-hybridized carbons (Fsp3) is 0.667. The van der Waals surface area contributed by atoms with Crippen molar-refractivity contribution in [3.05, 3.63) is 0 Å². The maximum Gasteiger partial charge on any atom is 0.323 e. The van der Waals surface area contributed by atoms with Crippen LogP contribution in [-0.2, 0) is 9.59 Å². The molecule has 0 aliphatic carbocycles. The summed E-state index contributed by atoms with van der Waals surface area (Å²) in [6, 6.07) is -0.287. The van der Waals surface area contributed by atoms with Crippen LogP contribution in [-0.4, -0.2) is 47.6 Å². The van der Waals surface area contributed by atoms with Gasteiger partial charge in [-0.1, -0.05) is 18.8 Å². The normalized spacial score (nSPS) is 20.1. The highest BCUT2D eigenvalue weighted by molar-refractivity contribution is 5.85. The van der Waals surface area contributed by atoms with E-state index in [2.05, 4.69) is 11.2 Å². The van der Waals surface area contributed by atoms with E-state index < -0.39 is 5.97 Å². The summed E-state index contributed by atoms with van der Waals surface area (Å²) in [6.07, 6.45) is 9.04. The predicted molar refractivity (Wildman–Crippen MR) is 63.3 cm³/mol. The van der Waals surface area contributed by atoms with Crippen molar-refractivity contribution in [3.8, 4) is 12.3 Å². The molecule has 17 heavy (non-hydrogen) atoms. The Hall–Kier alpha value is -1.54. The van der Waals surface area contributed by atoms with Crippen LogP contribution in [0.3, 0.4) is 0 Å². The summed E-state index contributed by atoms with van der Waals surface area (Å²) in [4.78, 5) is 24.0. The number of aliphatic carboxylic acids is 1. The van der Waals surface area contributed by atoms with Crippen LogP contribution in [0.4, 0.5) is 0 Å². The third kappa shape index (κ3) is 4.45. The van der Waals surface area contributed by atoms with Crippen LogP contribution < -0.4 is 5.32 Å². The van der Waals surface area contributed by atoms with Crippen LogP contribution >= 0.6 is 0 Å². The standard InChI is InChI=1S/C12H18N2O3/c1-2-8-14(9-11(15)16)12(17)10-6-4-3-5-7-13-10/h1,10,13H,3-9H2,(H,15,16). The number of amides is 1. The van der Waals surface area contributed by atoms with Crippen LogP contribution in [0.25, 0.3) is 0 Å². The lowest BCUT2D eigenvalue weighted by molar-refractivity contribution is -0.144. The van der Waals surface area contributed by atoms with Crippen LogP contribution in [0.15, 0.2) is 0 Å². The Morgan fingerprint density at radius 3 is 2.82 bits per heavy atom. The van der Waals surface area contributed by atoms with Crippen LogP contribution in [0.5, 0.6) is 0 Å². The van der Waals surface area contributed by atoms with Crippen LogP contribution in [0.1, 0.15) is 25.7 Å². The molecule has 2 N–H and O–H groups in total. The number of terminal acetylenes is 1. The highest BCUT2D eigenvalue weighted by Crippen LogP contribution is 2.10. The minimum Gasteiger partial charge on any atom is -0.480 e. The maximum atomic E-state index is 12.1. The SMILES string of the molecule is C#CCN(CC(=O)O)C(=O)C1CCCCCN1. The summed E-state index contributed by atoms with van der Waals surface area (Å²) in [7, 11) is 0. The molecule has 0 spiro atoms. The molecule has 1 atom stereocenters. The number of carboxylic acids is 1. The summed E-state index contributed by atoms with van der Waals surface area (Å²) in [5, 5.41) is 11.9. The first-order chi connectivity index (χ1) is 8.15. The molecule has 1 aliphatic heterocycles. The van der Waals surface area contributed by atoms with Crippen molar-refractivity contribution < 1.29 is 14.7 Å². The Balaban J connectivity index is 2.61. The lowest BCUT2D eigenvalue weighted by Crippen LogP contribution is -2.48. The average molecular weight is 238 g/mol. The van der Waals surface area contributed by atoms with E-state index in [9.17, 15) is 9.59 Å². The minimum absolute atomic E-state index is 0.0450. The predicted octanol–water partition coefficient (Wildman–Crippen LogP) is 0.0650. The molecular weight excluding hydrogens is 220 g/mol.